The maximum atomic E-state index is 12.3. The minimum Gasteiger partial charge on any atom is -0.497 e. The minimum absolute atomic E-state index is 0.384. The number of ether oxygens (including phenoxy) is 4. The fourth-order valence-corrected chi connectivity index (χ4v) is 2.69. The van der Waals surface area contributed by atoms with Crippen LogP contribution in [-0.2, 0) is 9.53 Å². The van der Waals surface area contributed by atoms with Crippen LogP contribution in [0.15, 0.2) is 55.1 Å². The van der Waals surface area contributed by atoms with Gasteiger partial charge in [0.2, 0.25) is 0 Å². The Bertz CT molecular complexity index is 841. The molecule has 2 aromatic rings. The van der Waals surface area contributed by atoms with Gasteiger partial charge in [-0.15, -0.1) is 0 Å². The quantitative estimate of drug-likeness (QED) is 0.214. The number of unbranched alkanes of at least 4 members (excludes halogenated alkanes) is 3. The van der Waals surface area contributed by atoms with Crippen LogP contribution in [-0.4, -0.2) is 32.3 Å². The smallest absolute Gasteiger partial charge is 0.343 e. The third-order valence-electron chi connectivity index (χ3n) is 4.39. The van der Waals surface area contributed by atoms with Crippen molar-refractivity contribution in [2.45, 2.75) is 32.6 Å². The summed E-state index contributed by atoms with van der Waals surface area (Å²) in [5, 5.41) is 0. The zero-order valence-corrected chi connectivity index (χ0v) is 17.5. The predicted molar refractivity (Wildman–Crippen MR) is 114 cm³/mol. The first-order valence-corrected chi connectivity index (χ1v) is 9.92. The van der Waals surface area contributed by atoms with Crippen molar-refractivity contribution >= 4 is 11.9 Å². The Balaban J connectivity index is 1.70. The second-order valence-corrected chi connectivity index (χ2v) is 6.68. The summed E-state index contributed by atoms with van der Waals surface area (Å²) in [4.78, 5) is 23.3. The molecule has 30 heavy (non-hydrogen) atoms. The van der Waals surface area contributed by atoms with Gasteiger partial charge in [0.1, 0.15) is 17.2 Å². The molecule has 0 fully saturated rings. The van der Waals surface area contributed by atoms with Crippen LogP contribution in [0.1, 0.15) is 41.6 Å². The summed E-state index contributed by atoms with van der Waals surface area (Å²) in [6, 6.07) is 12.2. The van der Waals surface area contributed by atoms with Crippen LogP contribution in [0.3, 0.4) is 0 Å². The topological polar surface area (TPSA) is 71.1 Å². The van der Waals surface area contributed by atoms with Gasteiger partial charge in [0.05, 0.1) is 25.9 Å². The summed E-state index contributed by atoms with van der Waals surface area (Å²) in [7, 11) is 1.59. The van der Waals surface area contributed by atoms with E-state index < -0.39 is 5.97 Å². The summed E-state index contributed by atoms with van der Waals surface area (Å²) in [6.07, 6.45) is 4.83. The molecule has 0 saturated carbocycles. The number of aryl methyl sites for hydroxylation is 1. The number of hydrogen-bond donors (Lipinski definition) is 0. The van der Waals surface area contributed by atoms with Crippen LogP contribution < -0.4 is 14.2 Å². The monoisotopic (exact) mass is 412 g/mol. The molecule has 0 atom stereocenters. The summed E-state index contributed by atoms with van der Waals surface area (Å²) in [6.45, 7) is 6.21. The van der Waals surface area contributed by atoms with Crippen LogP contribution in [0.5, 0.6) is 17.2 Å². The highest BCUT2D eigenvalue weighted by molar-refractivity contribution is 5.91. The van der Waals surface area contributed by atoms with E-state index in [1.165, 1.54) is 6.08 Å². The van der Waals surface area contributed by atoms with Crippen molar-refractivity contribution in [1.82, 2.24) is 0 Å². The Morgan fingerprint density at radius 1 is 0.933 bits per heavy atom. The van der Waals surface area contributed by atoms with Crippen molar-refractivity contribution in [3.8, 4) is 17.2 Å². The normalized spacial score (nSPS) is 10.2. The molecule has 0 N–H and O–H groups in total. The van der Waals surface area contributed by atoms with Gasteiger partial charge in [-0.05, 0) is 80.6 Å². The molecular weight excluding hydrogens is 384 g/mol. The molecule has 0 saturated heterocycles. The van der Waals surface area contributed by atoms with E-state index in [9.17, 15) is 9.59 Å². The Morgan fingerprint density at radius 2 is 1.60 bits per heavy atom. The average Bonchev–Trinajstić information content (AvgIpc) is 2.77. The maximum absolute atomic E-state index is 12.3. The van der Waals surface area contributed by atoms with Crippen molar-refractivity contribution < 1.29 is 28.5 Å². The van der Waals surface area contributed by atoms with Gasteiger partial charge in [0.25, 0.3) is 0 Å². The number of rotatable bonds is 12. The van der Waals surface area contributed by atoms with E-state index in [1.54, 1.807) is 43.5 Å². The molecule has 0 aromatic heterocycles. The molecule has 0 amide bonds. The van der Waals surface area contributed by atoms with Crippen LogP contribution in [0.2, 0.25) is 0 Å². The van der Waals surface area contributed by atoms with E-state index in [0.29, 0.717) is 36.0 Å². The van der Waals surface area contributed by atoms with E-state index in [-0.39, 0.29) is 5.97 Å². The van der Waals surface area contributed by atoms with E-state index in [0.717, 1.165) is 31.2 Å². The van der Waals surface area contributed by atoms with Gasteiger partial charge in [-0.25, -0.2) is 9.59 Å². The highest BCUT2D eigenvalue weighted by Gasteiger charge is 2.11. The van der Waals surface area contributed by atoms with Gasteiger partial charge in [-0.1, -0.05) is 6.58 Å². The second-order valence-electron chi connectivity index (χ2n) is 6.68. The highest BCUT2D eigenvalue weighted by atomic mass is 16.5. The molecule has 0 spiro atoms. The van der Waals surface area contributed by atoms with Crippen LogP contribution in [0.25, 0.3) is 0 Å². The fourth-order valence-electron chi connectivity index (χ4n) is 2.69. The van der Waals surface area contributed by atoms with Crippen molar-refractivity contribution in [3.05, 3.63) is 66.2 Å². The van der Waals surface area contributed by atoms with Crippen molar-refractivity contribution in [3.63, 3.8) is 0 Å². The summed E-state index contributed by atoms with van der Waals surface area (Å²) in [5.41, 5.74) is 1.27. The number of benzene rings is 2. The largest absolute Gasteiger partial charge is 0.497 e. The van der Waals surface area contributed by atoms with E-state index >= 15 is 0 Å². The Kier molecular flexibility index (Phi) is 9.45. The lowest BCUT2D eigenvalue weighted by Gasteiger charge is -2.10. The Morgan fingerprint density at radius 3 is 2.23 bits per heavy atom. The van der Waals surface area contributed by atoms with Gasteiger partial charge in [-0.3, -0.25) is 0 Å². The molecule has 0 unspecified atom stereocenters. The first-order valence-electron chi connectivity index (χ1n) is 9.92. The lowest BCUT2D eigenvalue weighted by atomic mass is 10.2. The number of carbonyl (C=O) groups excluding carboxylic acids is 2. The van der Waals surface area contributed by atoms with Gasteiger partial charge in [-0.2, -0.15) is 0 Å². The van der Waals surface area contributed by atoms with Crippen molar-refractivity contribution in [2.24, 2.45) is 0 Å². The molecule has 160 valence electrons. The van der Waals surface area contributed by atoms with Crippen LogP contribution >= 0.6 is 0 Å². The molecule has 6 heteroatoms. The summed E-state index contributed by atoms with van der Waals surface area (Å²) >= 11 is 0. The maximum Gasteiger partial charge on any atom is 0.343 e. The highest BCUT2D eigenvalue weighted by Crippen LogP contribution is 2.24. The number of carbonyl (C=O) groups is 2. The summed E-state index contributed by atoms with van der Waals surface area (Å²) < 4.78 is 21.2. The second kappa shape index (κ2) is 12.3. The Labute approximate surface area is 177 Å². The molecule has 0 aliphatic heterocycles. The van der Waals surface area contributed by atoms with Crippen LogP contribution in [0.4, 0.5) is 0 Å². The molecule has 0 bridgehead atoms. The minimum atomic E-state index is -0.424. The zero-order valence-electron chi connectivity index (χ0n) is 17.5. The molecule has 0 radical (unpaired) electrons. The lowest BCUT2D eigenvalue weighted by molar-refractivity contribution is -0.137. The van der Waals surface area contributed by atoms with E-state index in [4.69, 9.17) is 18.9 Å². The molecule has 2 rings (SSSR count). The van der Waals surface area contributed by atoms with Gasteiger partial charge < -0.3 is 18.9 Å². The standard InChI is InChI=1S/C24H28O6/c1-4-23(25)29-16-8-6-5-7-15-28-20-11-9-19(10-12-20)24(26)30-22-14-13-21(27-3)17-18(22)2/h4,9-14,17H,1,5-8,15-16H2,2-3H3. The molecular formula is C24H28O6. The molecule has 2 aromatic carbocycles. The van der Waals surface area contributed by atoms with Gasteiger partial charge in [0.15, 0.2) is 0 Å². The van der Waals surface area contributed by atoms with Crippen LogP contribution in [0, 0.1) is 6.92 Å². The third kappa shape index (κ3) is 7.62. The number of hydrogen-bond acceptors (Lipinski definition) is 6. The number of esters is 2. The fraction of sp³-hybridized carbons (Fsp3) is 0.333. The number of methoxy groups -OCH3 is 1. The van der Waals surface area contributed by atoms with E-state index in [1.807, 2.05) is 13.0 Å². The first kappa shape index (κ1) is 23.0. The first-order chi connectivity index (χ1) is 14.5. The SMILES string of the molecule is C=CC(=O)OCCCCCCOc1ccc(C(=O)Oc2ccc(OC)cc2C)cc1. The Hall–Kier alpha value is -3.28. The third-order valence-corrected chi connectivity index (χ3v) is 4.39. The van der Waals surface area contributed by atoms with E-state index in [2.05, 4.69) is 6.58 Å². The lowest BCUT2D eigenvalue weighted by Crippen LogP contribution is -2.09. The van der Waals surface area contributed by atoms with Crippen molar-refractivity contribution in [1.29, 1.82) is 0 Å². The molecule has 0 aliphatic rings. The molecule has 6 nitrogen and oxygen atoms in total. The zero-order chi connectivity index (χ0) is 21.8. The predicted octanol–water partition coefficient (Wildman–Crippen LogP) is 4.89. The van der Waals surface area contributed by atoms with Gasteiger partial charge >= 0.3 is 11.9 Å². The molecule has 0 heterocycles. The van der Waals surface area contributed by atoms with Crippen molar-refractivity contribution in [2.75, 3.05) is 20.3 Å². The molecule has 0 aliphatic carbocycles. The summed E-state index contributed by atoms with van der Waals surface area (Å²) in [5.74, 6) is 1.11. The average molecular weight is 412 g/mol. The van der Waals surface area contributed by atoms with Gasteiger partial charge in [0, 0.05) is 6.08 Å².